The zero-order valence-electron chi connectivity index (χ0n) is 10.1. The molecule has 0 radical (unpaired) electrons. The summed E-state index contributed by atoms with van der Waals surface area (Å²) < 4.78 is 2.67. The molecule has 0 atom stereocenters. The second-order valence-electron chi connectivity index (χ2n) is 4.06. The Labute approximate surface area is 118 Å². The predicted molar refractivity (Wildman–Crippen MR) is 77.1 cm³/mol. The first-order valence-electron chi connectivity index (χ1n) is 5.97. The molecule has 0 saturated heterocycles. The van der Waals surface area contributed by atoms with Gasteiger partial charge in [0.25, 0.3) is 0 Å². The summed E-state index contributed by atoms with van der Waals surface area (Å²) in [7, 11) is 0. The number of hydrogen-bond donors (Lipinski definition) is 1. The summed E-state index contributed by atoms with van der Waals surface area (Å²) in [6, 6.07) is 9.78. The number of fused-ring (bicyclic) bond motifs is 1. The molecule has 0 bridgehead atoms. The van der Waals surface area contributed by atoms with Crippen LogP contribution in [0.15, 0.2) is 47.2 Å². The molecule has 0 aromatic carbocycles. The molecule has 0 fully saturated rings. The molecule has 3 aromatic rings. The lowest BCUT2D eigenvalue weighted by atomic mass is 10.3. The van der Waals surface area contributed by atoms with Gasteiger partial charge in [-0.15, -0.1) is 5.10 Å². The highest BCUT2D eigenvalue weighted by molar-refractivity contribution is 9.10. The number of nitrogens with zero attached hydrogens (tertiary/aromatic N) is 4. The molecule has 0 unspecified atom stereocenters. The summed E-state index contributed by atoms with van der Waals surface area (Å²) >= 11 is 3.45. The summed E-state index contributed by atoms with van der Waals surface area (Å²) in [6.07, 6.45) is 4.52. The van der Waals surface area contributed by atoms with Gasteiger partial charge in [0, 0.05) is 31.1 Å². The van der Waals surface area contributed by atoms with E-state index < -0.39 is 0 Å². The summed E-state index contributed by atoms with van der Waals surface area (Å²) in [5, 5.41) is 7.55. The van der Waals surface area contributed by atoms with Crippen molar-refractivity contribution in [3.8, 4) is 0 Å². The monoisotopic (exact) mass is 317 g/mol. The fourth-order valence-electron chi connectivity index (χ4n) is 1.80. The van der Waals surface area contributed by atoms with Gasteiger partial charge in [-0.3, -0.25) is 4.98 Å². The SMILES string of the molecule is Brc1cccn2nc(NCCc3ccccn3)nc12. The van der Waals surface area contributed by atoms with Gasteiger partial charge in [-0.1, -0.05) is 6.07 Å². The Morgan fingerprint density at radius 2 is 2.16 bits per heavy atom. The van der Waals surface area contributed by atoms with Crippen molar-refractivity contribution in [2.45, 2.75) is 6.42 Å². The normalized spacial score (nSPS) is 10.8. The zero-order chi connectivity index (χ0) is 13.1. The van der Waals surface area contributed by atoms with Gasteiger partial charge in [-0.2, -0.15) is 4.98 Å². The standard InChI is InChI=1S/C13H12BrN5/c14-11-5-3-9-19-12(11)17-13(18-19)16-8-6-10-4-1-2-7-15-10/h1-5,7,9H,6,8H2,(H,16,18). The Balaban J connectivity index is 1.67. The smallest absolute Gasteiger partial charge is 0.243 e. The maximum atomic E-state index is 4.42. The maximum absolute atomic E-state index is 4.42. The van der Waals surface area contributed by atoms with Gasteiger partial charge in [0.05, 0.1) is 4.47 Å². The minimum Gasteiger partial charge on any atom is -0.353 e. The first-order chi connectivity index (χ1) is 9.33. The van der Waals surface area contributed by atoms with E-state index in [0.29, 0.717) is 5.95 Å². The van der Waals surface area contributed by atoms with Gasteiger partial charge in [0.1, 0.15) is 0 Å². The molecular formula is C13H12BrN5. The first kappa shape index (κ1) is 12.1. The van der Waals surface area contributed by atoms with E-state index in [9.17, 15) is 0 Å². The lowest BCUT2D eigenvalue weighted by Gasteiger charge is -2.00. The number of rotatable bonds is 4. The average Bonchev–Trinajstić information content (AvgIpc) is 2.84. The van der Waals surface area contributed by atoms with E-state index in [1.807, 2.05) is 36.5 Å². The number of halogens is 1. The van der Waals surface area contributed by atoms with Crippen molar-refractivity contribution in [3.63, 3.8) is 0 Å². The lowest BCUT2D eigenvalue weighted by Crippen LogP contribution is -2.07. The number of anilines is 1. The van der Waals surface area contributed by atoms with Crippen LogP contribution in [0.4, 0.5) is 5.95 Å². The van der Waals surface area contributed by atoms with Crippen LogP contribution in [0.1, 0.15) is 5.69 Å². The third kappa shape index (κ3) is 2.73. The van der Waals surface area contributed by atoms with Gasteiger partial charge < -0.3 is 5.32 Å². The molecule has 3 rings (SSSR count). The predicted octanol–water partition coefficient (Wildman–Crippen LogP) is 2.54. The number of nitrogens with one attached hydrogen (secondary N) is 1. The van der Waals surface area contributed by atoms with E-state index in [1.165, 1.54) is 0 Å². The van der Waals surface area contributed by atoms with Crippen molar-refractivity contribution in [3.05, 3.63) is 52.9 Å². The molecule has 5 nitrogen and oxygen atoms in total. The van der Waals surface area contributed by atoms with Crippen LogP contribution in [-0.4, -0.2) is 26.1 Å². The maximum Gasteiger partial charge on any atom is 0.243 e. The second kappa shape index (κ2) is 5.36. The third-order valence-corrected chi connectivity index (χ3v) is 3.32. The Kier molecular flexibility index (Phi) is 3.41. The Hall–Kier alpha value is -1.95. The minimum absolute atomic E-state index is 0.628. The molecule has 0 saturated carbocycles. The zero-order valence-corrected chi connectivity index (χ0v) is 11.7. The van der Waals surface area contributed by atoms with Crippen molar-refractivity contribution in [2.24, 2.45) is 0 Å². The Bertz CT molecular complexity index is 680. The fourth-order valence-corrected chi connectivity index (χ4v) is 2.22. The van der Waals surface area contributed by atoms with Crippen molar-refractivity contribution >= 4 is 27.5 Å². The van der Waals surface area contributed by atoms with Crippen molar-refractivity contribution in [1.29, 1.82) is 0 Å². The molecule has 0 aliphatic heterocycles. The molecule has 0 spiro atoms. The molecule has 3 aromatic heterocycles. The van der Waals surface area contributed by atoms with Gasteiger partial charge in [0.15, 0.2) is 5.65 Å². The van der Waals surface area contributed by atoms with E-state index in [2.05, 4.69) is 36.3 Å². The molecule has 19 heavy (non-hydrogen) atoms. The van der Waals surface area contributed by atoms with E-state index >= 15 is 0 Å². The quantitative estimate of drug-likeness (QED) is 0.803. The van der Waals surface area contributed by atoms with Gasteiger partial charge in [-0.05, 0) is 40.2 Å². The number of hydrogen-bond acceptors (Lipinski definition) is 4. The Morgan fingerprint density at radius 1 is 1.21 bits per heavy atom. The molecule has 0 amide bonds. The Morgan fingerprint density at radius 3 is 2.95 bits per heavy atom. The van der Waals surface area contributed by atoms with Crippen LogP contribution >= 0.6 is 15.9 Å². The second-order valence-corrected chi connectivity index (χ2v) is 4.91. The number of pyridine rings is 2. The van der Waals surface area contributed by atoms with Crippen LogP contribution < -0.4 is 5.32 Å². The summed E-state index contributed by atoms with van der Waals surface area (Å²) in [5.74, 6) is 0.628. The van der Waals surface area contributed by atoms with Crippen LogP contribution in [0.3, 0.4) is 0 Å². The van der Waals surface area contributed by atoms with Gasteiger partial charge in [-0.25, -0.2) is 4.52 Å². The van der Waals surface area contributed by atoms with Crippen LogP contribution in [0.2, 0.25) is 0 Å². The first-order valence-corrected chi connectivity index (χ1v) is 6.77. The van der Waals surface area contributed by atoms with Gasteiger partial charge in [0.2, 0.25) is 5.95 Å². The molecule has 0 aliphatic carbocycles. The highest BCUT2D eigenvalue weighted by Gasteiger charge is 2.05. The highest BCUT2D eigenvalue weighted by Crippen LogP contribution is 2.16. The van der Waals surface area contributed by atoms with E-state index in [0.717, 1.165) is 28.8 Å². The van der Waals surface area contributed by atoms with Crippen LogP contribution in [0.5, 0.6) is 0 Å². The average molecular weight is 318 g/mol. The van der Waals surface area contributed by atoms with Crippen molar-refractivity contribution in [2.75, 3.05) is 11.9 Å². The minimum atomic E-state index is 0.628. The summed E-state index contributed by atoms with van der Waals surface area (Å²) in [5.41, 5.74) is 1.86. The van der Waals surface area contributed by atoms with Crippen molar-refractivity contribution in [1.82, 2.24) is 19.6 Å². The van der Waals surface area contributed by atoms with Crippen LogP contribution in [0.25, 0.3) is 5.65 Å². The number of aromatic nitrogens is 4. The summed E-state index contributed by atoms with van der Waals surface area (Å²) in [4.78, 5) is 8.69. The lowest BCUT2D eigenvalue weighted by molar-refractivity contribution is 0.919. The summed E-state index contributed by atoms with van der Waals surface area (Å²) in [6.45, 7) is 0.755. The van der Waals surface area contributed by atoms with E-state index in [-0.39, 0.29) is 0 Å². The third-order valence-electron chi connectivity index (χ3n) is 2.71. The largest absolute Gasteiger partial charge is 0.353 e. The van der Waals surface area contributed by atoms with E-state index in [4.69, 9.17) is 0 Å². The molecular weight excluding hydrogens is 306 g/mol. The van der Waals surface area contributed by atoms with Gasteiger partial charge >= 0.3 is 0 Å². The molecule has 96 valence electrons. The van der Waals surface area contributed by atoms with Crippen LogP contribution in [-0.2, 0) is 6.42 Å². The molecule has 3 heterocycles. The van der Waals surface area contributed by atoms with E-state index in [1.54, 1.807) is 10.7 Å². The van der Waals surface area contributed by atoms with Crippen LogP contribution in [0, 0.1) is 0 Å². The fraction of sp³-hybridized carbons (Fsp3) is 0.154. The van der Waals surface area contributed by atoms with Crippen molar-refractivity contribution < 1.29 is 0 Å². The molecule has 6 heteroatoms. The topological polar surface area (TPSA) is 55.1 Å². The highest BCUT2D eigenvalue weighted by atomic mass is 79.9. The molecule has 0 aliphatic rings. The molecule has 1 N–H and O–H groups in total.